The van der Waals surface area contributed by atoms with Crippen molar-refractivity contribution in [1.29, 1.82) is 0 Å². The molecule has 0 aliphatic carbocycles. The van der Waals surface area contributed by atoms with Gasteiger partial charge in [0.15, 0.2) is 0 Å². The molecule has 0 bridgehead atoms. The van der Waals surface area contributed by atoms with Crippen molar-refractivity contribution in [3.8, 4) is 11.5 Å². The van der Waals surface area contributed by atoms with E-state index in [1.54, 1.807) is 18.2 Å². The van der Waals surface area contributed by atoms with Gasteiger partial charge in [-0.3, -0.25) is 14.9 Å². The first-order chi connectivity index (χ1) is 11.9. The van der Waals surface area contributed by atoms with Crippen molar-refractivity contribution in [3.05, 3.63) is 51.5 Å². The second-order valence-electron chi connectivity index (χ2n) is 4.89. The van der Waals surface area contributed by atoms with E-state index in [0.29, 0.717) is 22.1 Å². The average Bonchev–Trinajstić information content (AvgIpc) is 2.60. The van der Waals surface area contributed by atoms with Crippen LogP contribution >= 0.6 is 11.6 Å². The van der Waals surface area contributed by atoms with Crippen molar-refractivity contribution >= 4 is 34.6 Å². The maximum absolute atomic E-state index is 12.1. The fourth-order valence-electron chi connectivity index (χ4n) is 2.08. The summed E-state index contributed by atoms with van der Waals surface area (Å²) in [6, 6.07) is 8.93. The van der Waals surface area contributed by atoms with Crippen molar-refractivity contribution in [2.75, 3.05) is 31.4 Å². The Morgan fingerprint density at radius 2 is 1.84 bits per heavy atom. The predicted molar refractivity (Wildman–Crippen MR) is 94.8 cm³/mol. The van der Waals surface area contributed by atoms with Crippen LogP contribution in [0.25, 0.3) is 0 Å². The van der Waals surface area contributed by atoms with Gasteiger partial charge < -0.3 is 20.1 Å². The van der Waals surface area contributed by atoms with Gasteiger partial charge in [0.2, 0.25) is 5.91 Å². The first kappa shape index (κ1) is 18.3. The third-order valence-corrected chi connectivity index (χ3v) is 3.51. The fraction of sp³-hybridized carbons (Fsp3) is 0.188. The van der Waals surface area contributed by atoms with Crippen molar-refractivity contribution in [3.63, 3.8) is 0 Å². The third kappa shape index (κ3) is 4.74. The van der Waals surface area contributed by atoms with Crippen LogP contribution in [0.4, 0.5) is 17.1 Å². The summed E-state index contributed by atoms with van der Waals surface area (Å²) in [5, 5.41) is 16.8. The van der Waals surface area contributed by atoms with Crippen molar-refractivity contribution in [1.82, 2.24) is 0 Å². The zero-order chi connectivity index (χ0) is 18.4. The molecule has 25 heavy (non-hydrogen) atoms. The number of nitro benzene ring substituents is 1. The van der Waals surface area contributed by atoms with Crippen LogP contribution in [0.5, 0.6) is 11.5 Å². The lowest BCUT2D eigenvalue weighted by Gasteiger charge is -2.13. The standard InChI is InChI=1S/C16H16ClN3O5/c1-24-14-6-3-10(17)7-13(14)18-9-16(21)19-12-5-4-11(20(22)23)8-15(12)25-2/h3-8,18H,9H2,1-2H3,(H,19,21). The summed E-state index contributed by atoms with van der Waals surface area (Å²) in [6.07, 6.45) is 0. The molecule has 0 unspecified atom stereocenters. The zero-order valence-corrected chi connectivity index (χ0v) is 14.3. The molecular formula is C16H16ClN3O5. The number of ether oxygens (including phenoxy) is 2. The molecule has 0 atom stereocenters. The Hall–Kier alpha value is -3.00. The van der Waals surface area contributed by atoms with Gasteiger partial charge in [0, 0.05) is 11.1 Å². The second-order valence-corrected chi connectivity index (χ2v) is 5.32. The van der Waals surface area contributed by atoms with E-state index in [1.807, 2.05) is 0 Å². The summed E-state index contributed by atoms with van der Waals surface area (Å²) >= 11 is 5.93. The van der Waals surface area contributed by atoms with Crippen LogP contribution in [0.15, 0.2) is 36.4 Å². The van der Waals surface area contributed by atoms with Gasteiger partial charge in [0.05, 0.1) is 43.1 Å². The van der Waals surface area contributed by atoms with Gasteiger partial charge in [-0.25, -0.2) is 0 Å². The van der Waals surface area contributed by atoms with E-state index in [2.05, 4.69) is 10.6 Å². The third-order valence-electron chi connectivity index (χ3n) is 3.27. The van der Waals surface area contributed by atoms with Gasteiger partial charge in [0.25, 0.3) is 5.69 Å². The second kappa shape index (κ2) is 8.20. The summed E-state index contributed by atoms with van der Waals surface area (Å²) < 4.78 is 10.3. The van der Waals surface area contributed by atoms with Gasteiger partial charge in [-0.05, 0) is 24.3 Å². The quantitative estimate of drug-likeness (QED) is 0.576. The normalized spacial score (nSPS) is 10.0. The molecular weight excluding hydrogens is 350 g/mol. The molecule has 132 valence electrons. The minimum atomic E-state index is -0.541. The Balaban J connectivity index is 2.06. The van der Waals surface area contributed by atoms with Crippen LogP contribution in [0.1, 0.15) is 0 Å². The molecule has 2 rings (SSSR count). The predicted octanol–water partition coefficient (Wildman–Crippen LogP) is 3.32. The molecule has 0 saturated carbocycles. The molecule has 1 amide bonds. The lowest BCUT2D eigenvalue weighted by Crippen LogP contribution is -2.22. The minimum Gasteiger partial charge on any atom is -0.495 e. The maximum Gasteiger partial charge on any atom is 0.273 e. The molecule has 8 nitrogen and oxygen atoms in total. The highest BCUT2D eigenvalue weighted by atomic mass is 35.5. The van der Waals surface area contributed by atoms with Crippen molar-refractivity contribution in [2.45, 2.75) is 0 Å². The monoisotopic (exact) mass is 365 g/mol. The summed E-state index contributed by atoms with van der Waals surface area (Å²) in [7, 11) is 2.88. The first-order valence-electron chi connectivity index (χ1n) is 7.14. The molecule has 2 aromatic rings. The summed E-state index contributed by atoms with van der Waals surface area (Å²) in [6.45, 7) is -0.0587. The topological polar surface area (TPSA) is 103 Å². The van der Waals surface area contributed by atoms with E-state index in [4.69, 9.17) is 21.1 Å². The van der Waals surface area contributed by atoms with Crippen molar-refractivity contribution < 1.29 is 19.2 Å². The van der Waals surface area contributed by atoms with Gasteiger partial charge >= 0.3 is 0 Å². The summed E-state index contributed by atoms with van der Waals surface area (Å²) in [4.78, 5) is 22.4. The SMILES string of the molecule is COc1ccc(Cl)cc1NCC(=O)Nc1ccc([N+](=O)[O-])cc1OC. The first-order valence-corrected chi connectivity index (χ1v) is 7.52. The number of nitrogens with one attached hydrogen (secondary N) is 2. The molecule has 0 heterocycles. The van der Waals surface area contributed by atoms with Crippen LogP contribution in [0.3, 0.4) is 0 Å². The molecule has 2 N–H and O–H groups in total. The molecule has 0 aliphatic heterocycles. The Morgan fingerprint density at radius 1 is 1.12 bits per heavy atom. The number of hydrogen-bond donors (Lipinski definition) is 2. The molecule has 0 radical (unpaired) electrons. The number of nitro groups is 1. The van der Waals surface area contributed by atoms with Gasteiger partial charge in [-0.2, -0.15) is 0 Å². The average molecular weight is 366 g/mol. The minimum absolute atomic E-state index is 0.0587. The molecule has 9 heteroatoms. The highest BCUT2D eigenvalue weighted by molar-refractivity contribution is 6.30. The zero-order valence-electron chi connectivity index (χ0n) is 13.5. The molecule has 0 fully saturated rings. The Bertz CT molecular complexity index is 797. The van der Waals surface area contributed by atoms with Crippen molar-refractivity contribution in [2.24, 2.45) is 0 Å². The lowest BCUT2D eigenvalue weighted by molar-refractivity contribution is -0.384. The molecule has 0 saturated heterocycles. The lowest BCUT2D eigenvalue weighted by atomic mass is 10.2. The number of nitrogens with zero attached hydrogens (tertiary/aromatic N) is 1. The van der Waals surface area contributed by atoms with Crippen LogP contribution in [-0.4, -0.2) is 31.6 Å². The van der Waals surface area contributed by atoms with E-state index in [1.165, 1.54) is 32.4 Å². The van der Waals surface area contributed by atoms with Crippen LogP contribution in [0.2, 0.25) is 5.02 Å². The van der Waals surface area contributed by atoms with E-state index in [9.17, 15) is 14.9 Å². The highest BCUT2D eigenvalue weighted by Crippen LogP contribution is 2.29. The van der Waals surface area contributed by atoms with Crippen LogP contribution in [0, 0.1) is 10.1 Å². The maximum atomic E-state index is 12.1. The number of carbonyl (C=O) groups excluding carboxylic acids is 1. The van der Waals surface area contributed by atoms with E-state index >= 15 is 0 Å². The Labute approximate surface area is 148 Å². The molecule has 0 aromatic heterocycles. The van der Waals surface area contributed by atoms with Gasteiger partial charge in [-0.1, -0.05) is 11.6 Å². The number of amides is 1. The molecule has 0 aliphatic rings. The molecule has 0 spiro atoms. The van der Waals surface area contributed by atoms with Gasteiger partial charge in [0.1, 0.15) is 11.5 Å². The van der Waals surface area contributed by atoms with Gasteiger partial charge in [-0.15, -0.1) is 0 Å². The fourth-order valence-corrected chi connectivity index (χ4v) is 2.26. The summed E-state index contributed by atoms with van der Waals surface area (Å²) in [5.74, 6) is 0.377. The number of benzene rings is 2. The highest BCUT2D eigenvalue weighted by Gasteiger charge is 2.14. The number of hydrogen-bond acceptors (Lipinski definition) is 6. The number of halogens is 1. The number of anilines is 2. The number of rotatable bonds is 7. The smallest absolute Gasteiger partial charge is 0.273 e. The van der Waals surface area contributed by atoms with E-state index in [0.717, 1.165) is 0 Å². The number of methoxy groups -OCH3 is 2. The number of carbonyl (C=O) groups is 1. The largest absolute Gasteiger partial charge is 0.495 e. The molecule has 2 aromatic carbocycles. The Morgan fingerprint density at radius 3 is 2.48 bits per heavy atom. The number of non-ortho nitro benzene ring substituents is 1. The van der Waals surface area contributed by atoms with Crippen LogP contribution in [-0.2, 0) is 4.79 Å². The van der Waals surface area contributed by atoms with Crippen LogP contribution < -0.4 is 20.1 Å². The Kier molecular flexibility index (Phi) is 6.02. The van der Waals surface area contributed by atoms with E-state index in [-0.39, 0.29) is 23.9 Å². The van der Waals surface area contributed by atoms with E-state index < -0.39 is 4.92 Å². The summed E-state index contributed by atoms with van der Waals surface area (Å²) in [5.41, 5.74) is 0.774.